The third-order valence-corrected chi connectivity index (χ3v) is 6.19. The second kappa shape index (κ2) is 7.94. The number of amides is 1. The molecular formula is C23H29N3O2. The Bertz CT molecular complexity index is 773. The molecule has 1 unspecified atom stereocenters. The summed E-state index contributed by atoms with van der Waals surface area (Å²) in [6.07, 6.45) is -0.818. The number of piperazine rings is 2. The highest BCUT2D eigenvalue weighted by Crippen LogP contribution is 2.35. The molecule has 2 saturated heterocycles. The lowest BCUT2D eigenvalue weighted by atomic mass is 9.81. The summed E-state index contributed by atoms with van der Waals surface area (Å²) in [5.74, 6) is 0.143. The summed E-state index contributed by atoms with van der Waals surface area (Å²) in [6, 6.07) is 17.8. The Labute approximate surface area is 167 Å². The first-order valence-corrected chi connectivity index (χ1v) is 10.1. The lowest BCUT2D eigenvalue weighted by molar-refractivity contribution is 0.00794. The van der Waals surface area contributed by atoms with E-state index in [1.54, 1.807) is 4.90 Å². The summed E-state index contributed by atoms with van der Waals surface area (Å²) in [5, 5.41) is 13.2. The average Bonchev–Trinajstić information content (AvgIpc) is 2.70. The van der Waals surface area contributed by atoms with Crippen LogP contribution in [0.5, 0.6) is 0 Å². The molecule has 2 aromatic rings. The molecule has 0 aliphatic carbocycles. The van der Waals surface area contributed by atoms with Crippen molar-refractivity contribution in [3.63, 3.8) is 0 Å². The summed E-state index contributed by atoms with van der Waals surface area (Å²) >= 11 is 0. The SMILES string of the molecule is Cc1ccc(C(c2ccc(C)cc2)C2CN(C(=O)O)C[C@@H]3CNCCN23)cc1. The van der Waals surface area contributed by atoms with Crippen LogP contribution in [-0.2, 0) is 0 Å². The van der Waals surface area contributed by atoms with Crippen LogP contribution in [0.15, 0.2) is 48.5 Å². The average molecular weight is 380 g/mol. The van der Waals surface area contributed by atoms with E-state index in [-0.39, 0.29) is 18.0 Å². The van der Waals surface area contributed by atoms with Gasteiger partial charge in [-0.25, -0.2) is 4.79 Å². The fourth-order valence-corrected chi connectivity index (χ4v) is 4.68. The van der Waals surface area contributed by atoms with Crippen molar-refractivity contribution in [1.82, 2.24) is 15.1 Å². The summed E-state index contributed by atoms with van der Waals surface area (Å²) in [5.41, 5.74) is 4.98. The van der Waals surface area contributed by atoms with Gasteiger partial charge in [0.05, 0.1) is 0 Å². The van der Waals surface area contributed by atoms with Crippen LogP contribution < -0.4 is 5.32 Å². The van der Waals surface area contributed by atoms with Gasteiger partial charge in [-0.2, -0.15) is 0 Å². The monoisotopic (exact) mass is 379 g/mol. The molecule has 0 spiro atoms. The standard InChI is InChI=1S/C23H29N3O2/c1-16-3-7-18(8-4-16)22(19-9-5-17(2)6-10-19)21-15-25(23(27)28)14-20-13-24-11-12-26(20)21/h3-10,20-22,24H,11-15H2,1-2H3,(H,27,28)/t20-,21?/m0/s1. The maximum absolute atomic E-state index is 11.8. The number of carboxylic acid groups (broad SMARTS) is 1. The number of nitrogens with one attached hydrogen (secondary N) is 1. The second-order valence-electron chi connectivity index (χ2n) is 8.15. The van der Waals surface area contributed by atoms with E-state index in [0.717, 1.165) is 19.6 Å². The molecule has 0 radical (unpaired) electrons. The quantitative estimate of drug-likeness (QED) is 0.861. The third kappa shape index (κ3) is 3.77. The number of hydrogen-bond acceptors (Lipinski definition) is 3. The molecule has 2 atom stereocenters. The molecule has 0 bridgehead atoms. The van der Waals surface area contributed by atoms with Gasteiger partial charge in [0.1, 0.15) is 0 Å². The first-order chi connectivity index (χ1) is 13.5. The zero-order valence-electron chi connectivity index (χ0n) is 16.6. The summed E-state index contributed by atoms with van der Waals surface area (Å²) in [6.45, 7) is 8.07. The normalized spacial score (nSPS) is 22.9. The van der Waals surface area contributed by atoms with Gasteiger partial charge in [-0.3, -0.25) is 4.90 Å². The first-order valence-electron chi connectivity index (χ1n) is 10.1. The van der Waals surface area contributed by atoms with Gasteiger partial charge in [-0.15, -0.1) is 0 Å². The van der Waals surface area contributed by atoms with Crippen molar-refractivity contribution in [2.24, 2.45) is 0 Å². The van der Waals surface area contributed by atoms with Crippen LogP contribution in [0.25, 0.3) is 0 Å². The van der Waals surface area contributed by atoms with Crippen molar-refractivity contribution in [3.05, 3.63) is 70.8 Å². The highest BCUT2D eigenvalue weighted by molar-refractivity contribution is 5.65. The van der Waals surface area contributed by atoms with Gasteiger partial charge in [0.25, 0.3) is 0 Å². The first kappa shape index (κ1) is 19.0. The predicted molar refractivity (Wildman–Crippen MR) is 111 cm³/mol. The lowest BCUT2D eigenvalue weighted by Crippen LogP contribution is -2.67. The molecule has 0 saturated carbocycles. The van der Waals surface area contributed by atoms with Crippen molar-refractivity contribution in [1.29, 1.82) is 0 Å². The zero-order chi connectivity index (χ0) is 19.7. The molecule has 2 fully saturated rings. The van der Waals surface area contributed by atoms with Crippen molar-refractivity contribution in [2.45, 2.75) is 31.8 Å². The van der Waals surface area contributed by atoms with Crippen molar-refractivity contribution in [2.75, 3.05) is 32.7 Å². The molecule has 28 heavy (non-hydrogen) atoms. The molecule has 2 heterocycles. The number of fused-ring (bicyclic) bond motifs is 1. The highest BCUT2D eigenvalue weighted by atomic mass is 16.4. The lowest BCUT2D eigenvalue weighted by Gasteiger charge is -2.51. The fourth-order valence-electron chi connectivity index (χ4n) is 4.68. The summed E-state index contributed by atoms with van der Waals surface area (Å²) in [4.78, 5) is 16.0. The van der Waals surface area contributed by atoms with Crippen LogP contribution in [0.3, 0.4) is 0 Å². The number of aryl methyl sites for hydroxylation is 2. The Kier molecular flexibility index (Phi) is 5.38. The minimum atomic E-state index is -0.818. The Hall–Kier alpha value is -2.37. The zero-order valence-corrected chi connectivity index (χ0v) is 16.6. The van der Waals surface area contributed by atoms with E-state index in [2.05, 4.69) is 72.6 Å². The second-order valence-corrected chi connectivity index (χ2v) is 8.15. The molecule has 2 N–H and O–H groups in total. The Morgan fingerprint density at radius 2 is 1.57 bits per heavy atom. The van der Waals surface area contributed by atoms with Crippen molar-refractivity contribution >= 4 is 6.09 Å². The van der Waals surface area contributed by atoms with Gasteiger partial charge in [0, 0.05) is 50.7 Å². The van der Waals surface area contributed by atoms with Gasteiger partial charge < -0.3 is 15.3 Å². The van der Waals surface area contributed by atoms with Crippen LogP contribution in [0.1, 0.15) is 28.2 Å². The van der Waals surface area contributed by atoms with E-state index < -0.39 is 6.09 Å². The van der Waals surface area contributed by atoms with Gasteiger partial charge in [0.15, 0.2) is 0 Å². The molecular weight excluding hydrogens is 350 g/mol. The Balaban J connectivity index is 1.77. The molecule has 2 aromatic carbocycles. The molecule has 1 amide bonds. The van der Waals surface area contributed by atoms with Crippen molar-refractivity contribution in [3.8, 4) is 0 Å². The molecule has 148 valence electrons. The van der Waals surface area contributed by atoms with E-state index in [1.807, 2.05) is 0 Å². The van der Waals surface area contributed by atoms with Gasteiger partial charge >= 0.3 is 6.09 Å². The highest BCUT2D eigenvalue weighted by Gasteiger charge is 2.42. The van der Waals surface area contributed by atoms with E-state index >= 15 is 0 Å². The topological polar surface area (TPSA) is 55.8 Å². The maximum atomic E-state index is 11.8. The molecule has 5 nitrogen and oxygen atoms in total. The van der Waals surface area contributed by atoms with Gasteiger partial charge in [-0.1, -0.05) is 59.7 Å². The number of rotatable bonds is 3. The fraction of sp³-hybridized carbons (Fsp3) is 0.435. The number of carbonyl (C=O) groups is 1. The molecule has 2 aliphatic rings. The van der Waals surface area contributed by atoms with Crippen LogP contribution in [0.4, 0.5) is 4.79 Å². The van der Waals surface area contributed by atoms with E-state index in [0.29, 0.717) is 13.1 Å². The van der Waals surface area contributed by atoms with Crippen LogP contribution in [0.2, 0.25) is 0 Å². The molecule has 0 aromatic heterocycles. The van der Waals surface area contributed by atoms with Crippen LogP contribution >= 0.6 is 0 Å². The smallest absolute Gasteiger partial charge is 0.407 e. The minimum Gasteiger partial charge on any atom is -0.465 e. The summed E-state index contributed by atoms with van der Waals surface area (Å²) < 4.78 is 0. The number of nitrogens with zero attached hydrogens (tertiary/aromatic N) is 2. The maximum Gasteiger partial charge on any atom is 0.407 e. The summed E-state index contributed by atoms with van der Waals surface area (Å²) in [7, 11) is 0. The Morgan fingerprint density at radius 3 is 2.11 bits per heavy atom. The number of benzene rings is 2. The predicted octanol–water partition coefficient (Wildman–Crippen LogP) is 3.07. The minimum absolute atomic E-state index is 0.127. The van der Waals surface area contributed by atoms with Crippen LogP contribution in [-0.4, -0.2) is 65.8 Å². The number of hydrogen-bond donors (Lipinski definition) is 2. The largest absolute Gasteiger partial charge is 0.465 e. The van der Waals surface area contributed by atoms with Crippen molar-refractivity contribution < 1.29 is 9.90 Å². The molecule has 2 aliphatic heterocycles. The van der Waals surface area contributed by atoms with Gasteiger partial charge in [-0.05, 0) is 25.0 Å². The van der Waals surface area contributed by atoms with E-state index in [4.69, 9.17) is 0 Å². The molecule has 5 heteroatoms. The molecule has 4 rings (SSSR count). The van der Waals surface area contributed by atoms with E-state index in [9.17, 15) is 9.90 Å². The Morgan fingerprint density at radius 1 is 1.00 bits per heavy atom. The van der Waals surface area contributed by atoms with E-state index in [1.165, 1.54) is 22.3 Å². The third-order valence-electron chi connectivity index (χ3n) is 6.19. The van der Waals surface area contributed by atoms with Crippen LogP contribution in [0, 0.1) is 13.8 Å². The van der Waals surface area contributed by atoms with Gasteiger partial charge in [0.2, 0.25) is 0 Å².